The van der Waals surface area contributed by atoms with Crippen LogP contribution in [0.3, 0.4) is 0 Å². The average molecular weight is 367 g/mol. The standard InChI is InChI=1S/C19H21N5O3/c1-10-16(25)17(26)19(27-10)24-9-20-15-14(24)8-21-23-18(15)22-13-7-6-11-4-2-3-5-12(11)13/h2-5,8-10,13,16-17,19,25-26H,6-7H2,1H3,(H,22,23)/t10-,13+,16-,17-,19-/m1/s1. The summed E-state index contributed by atoms with van der Waals surface area (Å²) in [6.45, 7) is 1.73. The summed E-state index contributed by atoms with van der Waals surface area (Å²) < 4.78 is 7.42. The fourth-order valence-corrected chi connectivity index (χ4v) is 4.10. The summed E-state index contributed by atoms with van der Waals surface area (Å²) in [6.07, 6.45) is 2.10. The molecule has 1 aromatic carbocycles. The van der Waals surface area contributed by atoms with Crippen LogP contribution < -0.4 is 5.32 Å². The number of aromatic nitrogens is 4. The van der Waals surface area contributed by atoms with E-state index in [2.05, 4.69) is 38.7 Å². The second-order valence-corrected chi connectivity index (χ2v) is 7.23. The number of ether oxygens (including phenoxy) is 1. The predicted molar refractivity (Wildman–Crippen MR) is 98.0 cm³/mol. The Morgan fingerprint density at radius 2 is 2.07 bits per heavy atom. The monoisotopic (exact) mass is 367 g/mol. The highest BCUT2D eigenvalue weighted by molar-refractivity contribution is 5.85. The summed E-state index contributed by atoms with van der Waals surface area (Å²) in [5.74, 6) is 0.606. The Balaban J connectivity index is 1.48. The van der Waals surface area contributed by atoms with Crippen molar-refractivity contribution in [3.63, 3.8) is 0 Å². The van der Waals surface area contributed by atoms with E-state index >= 15 is 0 Å². The van der Waals surface area contributed by atoms with E-state index in [-0.39, 0.29) is 6.04 Å². The third-order valence-electron chi connectivity index (χ3n) is 5.59. The highest BCUT2D eigenvalue weighted by Gasteiger charge is 2.41. The van der Waals surface area contributed by atoms with Gasteiger partial charge in [-0.2, -0.15) is 5.10 Å². The molecule has 0 radical (unpaired) electrons. The third-order valence-corrected chi connectivity index (χ3v) is 5.59. The lowest BCUT2D eigenvalue weighted by atomic mass is 10.1. The molecule has 1 aliphatic heterocycles. The molecule has 2 aromatic heterocycles. The Labute approximate surface area is 155 Å². The number of nitrogens with one attached hydrogen (secondary N) is 1. The molecule has 1 aliphatic carbocycles. The van der Waals surface area contributed by atoms with E-state index < -0.39 is 24.5 Å². The number of aliphatic hydroxyl groups is 2. The Bertz CT molecular complexity index is 990. The SMILES string of the molecule is C[C@H]1O[C@@H](n2cnc3c(N[C@H]4CCc5ccccc54)nncc32)[C@H](O)[C@@H]1O. The number of anilines is 1. The van der Waals surface area contributed by atoms with Crippen LogP contribution in [0.15, 0.2) is 36.8 Å². The Morgan fingerprint density at radius 1 is 1.22 bits per heavy atom. The van der Waals surface area contributed by atoms with Gasteiger partial charge in [0, 0.05) is 0 Å². The molecule has 140 valence electrons. The van der Waals surface area contributed by atoms with Crippen LogP contribution in [0.5, 0.6) is 0 Å². The Kier molecular flexibility index (Phi) is 3.85. The van der Waals surface area contributed by atoms with Gasteiger partial charge in [-0.1, -0.05) is 24.3 Å². The van der Waals surface area contributed by atoms with Crippen molar-refractivity contribution in [2.24, 2.45) is 0 Å². The molecular formula is C19H21N5O3. The molecule has 3 heterocycles. The minimum Gasteiger partial charge on any atom is -0.388 e. The zero-order valence-corrected chi connectivity index (χ0v) is 14.9. The first-order valence-electron chi connectivity index (χ1n) is 9.17. The van der Waals surface area contributed by atoms with Crippen LogP contribution in [0.25, 0.3) is 11.0 Å². The maximum absolute atomic E-state index is 10.3. The summed E-state index contributed by atoms with van der Waals surface area (Å²) in [4.78, 5) is 4.47. The van der Waals surface area contributed by atoms with E-state index in [0.717, 1.165) is 12.8 Å². The molecule has 5 atom stereocenters. The fourth-order valence-electron chi connectivity index (χ4n) is 4.10. The van der Waals surface area contributed by atoms with Crippen LogP contribution in [0, 0.1) is 0 Å². The summed E-state index contributed by atoms with van der Waals surface area (Å²) in [7, 11) is 0. The van der Waals surface area contributed by atoms with Crippen molar-refractivity contribution in [3.05, 3.63) is 47.9 Å². The van der Waals surface area contributed by atoms with E-state index in [1.807, 2.05) is 6.07 Å². The molecule has 0 spiro atoms. The van der Waals surface area contributed by atoms with Crippen LogP contribution in [0.2, 0.25) is 0 Å². The maximum atomic E-state index is 10.3. The molecule has 5 rings (SSSR count). The lowest BCUT2D eigenvalue weighted by Gasteiger charge is -2.17. The number of hydrogen-bond donors (Lipinski definition) is 3. The molecule has 0 unspecified atom stereocenters. The van der Waals surface area contributed by atoms with Gasteiger partial charge in [0.05, 0.1) is 30.2 Å². The molecule has 1 saturated heterocycles. The van der Waals surface area contributed by atoms with E-state index in [0.29, 0.717) is 16.9 Å². The molecule has 0 saturated carbocycles. The fraction of sp³-hybridized carbons (Fsp3) is 0.421. The van der Waals surface area contributed by atoms with Gasteiger partial charge in [0.15, 0.2) is 12.0 Å². The largest absolute Gasteiger partial charge is 0.388 e. The predicted octanol–water partition coefficient (Wildman–Crippen LogP) is 1.56. The third kappa shape index (κ3) is 2.60. The zero-order valence-electron chi connectivity index (χ0n) is 14.9. The zero-order chi connectivity index (χ0) is 18.5. The number of benzene rings is 1. The Hall–Kier alpha value is -2.55. The van der Waals surface area contributed by atoms with Crippen LogP contribution in [-0.4, -0.2) is 48.3 Å². The van der Waals surface area contributed by atoms with Crippen molar-refractivity contribution in [1.82, 2.24) is 19.7 Å². The highest BCUT2D eigenvalue weighted by Crippen LogP contribution is 2.36. The van der Waals surface area contributed by atoms with Gasteiger partial charge >= 0.3 is 0 Å². The van der Waals surface area contributed by atoms with Crippen molar-refractivity contribution in [3.8, 4) is 0 Å². The van der Waals surface area contributed by atoms with E-state index in [1.54, 1.807) is 24.0 Å². The molecular weight excluding hydrogens is 346 g/mol. The molecule has 1 fully saturated rings. The van der Waals surface area contributed by atoms with Crippen LogP contribution >= 0.6 is 0 Å². The van der Waals surface area contributed by atoms with Gasteiger partial charge in [-0.05, 0) is 30.9 Å². The average Bonchev–Trinajstić information content (AvgIpc) is 3.36. The smallest absolute Gasteiger partial charge is 0.177 e. The summed E-state index contributed by atoms with van der Waals surface area (Å²) in [5, 5.41) is 32.1. The number of nitrogens with zero attached hydrogens (tertiary/aromatic N) is 4. The van der Waals surface area contributed by atoms with Gasteiger partial charge in [0.2, 0.25) is 0 Å². The number of hydrogen-bond acceptors (Lipinski definition) is 7. The molecule has 2 aliphatic rings. The molecule has 0 amide bonds. The molecule has 0 bridgehead atoms. The van der Waals surface area contributed by atoms with Crippen molar-refractivity contribution >= 4 is 16.9 Å². The first-order valence-corrected chi connectivity index (χ1v) is 9.17. The number of aliphatic hydroxyl groups excluding tert-OH is 2. The van der Waals surface area contributed by atoms with Gasteiger partial charge in [0.25, 0.3) is 0 Å². The van der Waals surface area contributed by atoms with Crippen LogP contribution in [0.1, 0.15) is 36.7 Å². The number of rotatable bonds is 3. The maximum Gasteiger partial charge on any atom is 0.177 e. The summed E-state index contributed by atoms with van der Waals surface area (Å²) in [5.41, 5.74) is 4.00. The molecule has 8 nitrogen and oxygen atoms in total. The highest BCUT2D eigenvalue weighted by atomic mass is 16.6. The Morgan fingerprint density at radius 3 is 2.89 bits per heavy atom. The molecule has 3 N–H and O–H groups in total. The van der Waals surface area contributed by atoms with Crippen molar-refractivity contribution < 1.29 is 14.9 Å². The minimum atomic E-state index is -1.02. The van der Waals surface area contributed by atoms with Gasteiger partial charge in [0.1, 0.15) is 17.7 Å². The first-order chi connectivity index (χ1) is 13.1. The van der Waals surface area contributed by atoms with E-state index in [1.165, 1.54) is 11.1 Å². The van der Waals surface area contributed by atoms with Gasteiger partial charge < -0.3 is 20.3 Å². The van der Waals surface area contributed by atoms with Crippen molar-refractivity contribution in [1.29, 1.82) is 0 Å². The normalized spacial score (nSPS) is 30.0. The van der Waals surface area contributed by atoms with Crippen molar-refractivity contribution in [2.75, 3.05) is 5.32 Å². The quantitative estimate of drug-likeness (QED) is 0.645. The van der Waals surface area contributed by atoms with E-state index in [9.17, 15) is 10.2 Å². The van der Waals surface area contributed by atoms with Crippen LogP contribution in [0.4, 0.5) is 5.82 Å². The number of aryl methyl sites for hydroxylation is 1. The summed E-state index contributed by atoms with van der Waals surface area (Å²) in [6, 6.07) is 8.57. The topological polar surface area (TPSA) is 105 Å². The summed E-state index contributed by atoms with van der Waals surface area (Å²) >= 11 is 0. The first kappa shape index (κ1) is 16.6. The van der Waals surface area contributed by atoms with Gasteiger partial charge in [-0.25, -0.2) is 4.98 Å². The number of imidazole rings is 1. The van der Waals surface area contributed by atoms with Gasteiger partial charge in [-0.3, -0.25) is 4.57 Å². The molecule has 8 heteroatoms. The lowest BCUT2D eigenvalue weighted by Crippen LogP contribution is -2.30. The number of fused-ring (bicyclic) bond motifs is 2. The van der Waals surface area contributed by atoms with Crippen molar-refractivity contribution in [2.45, 2.75) is 50.3 Å². The second kappa shape index (κ2) is 6.26. The molecule has 27 heavy (non-hydrogen) atoms. The minimum absolute atomic E-state index is 0.168. The van der Waals surface area contributed by atoms with Crippen LogP contribution in [-0.2, 0) is 11.2 Å². The lowest BCUT2D eigenvalue weighted by molar-refractivity contribution is -0.0296. The molecule has 3 aromatic rings. The van der Waals surface area contributed by atoms with Gasteiger partial charge in [-0.15, -0.1) is 5.10 Å². The second-order valence-electron chi connectivity index (χ2n) is 7.23. The van der Waals surface area contributed by atoms with E-state index in [4.69, 9.17) is 4.74 Å².